The fourth-order valence-corrected chi connectivity index (χ4v) is 9.96. The number of fused-ring (bicyclic) bond motifs is 10. The van der Waals surface area contributed by atoms with Crippen LogP contribution in [0, 0.1) is 0 Å². The Morgan fingerprint density at radius 3 is 1.88 bits per heavy atom. The van der Waals surface area contributed by atoms with E-state index in [0.717, 1.165) is 50.4 Å². The monoisotopic (exact) mass is 733 g/mol. The smallest absolute Gasteiger partial charge is 0.182 e. The molecule has 0 radical (unpaired) electrons. The van der Waals surface area contributed by atoms with E-state index >= 15 is 0 Å². The summed E-state index contributed by atoms with van der Waals surface area (Å²) in [4.78, 5) is 5.28. The van der Waals surface area contributed by atoms with Crippen LogP contribution in [0.15, 0.2) is 188 Å². The van der Waals surface area contributed by atoms with Crippen molar-refractivity contribution in [2.75, 3.05) is 0 Å². The van der Waals surface area contributed by atoms with Gasteiger partial charge in [0.1, 0.15) is 0 Å². The zero-order chi connectivity index (χ0) is 36.7. The van der Waals surface area contributed by atoms with Crippen LogP contribution in [-0.2, 0) is 0 Å². The van der Waals surface area contributed by atoms with Gasteiger partial charge in [-0.2, -0.15) is 0 Å². The maximum atomic E-state index is 5.28. The molecule has 5 nitrogen and oxygen atoms in total. The lowest BCUT2D eigenvalue weighted by atomic mass is 10.1. The number of thiophene rings is 1. The van der Waals surface area contributed by atoms with Gasteiger partial charge in [0, 0.05) is 64.2 Å². The van der Waals surface area contributed by atoms with E-state index in [1.165, 1.54) is 47.4 Å². The number of hydrogen-bond donors (Lipinski definition) is 0. The third-order valence-electron chi connectivity index (χ3n) is 11.1. The SMILES string of the molecule is c1ccc(-c2nc(-c3cccc4c5ccccc5n(-c5cccc(-n6c7ccccc7c7c8sc9ccccc9c8ccc76)c5)c34)n(-c3ccccc3)n2)cc1. The van der Waals surface area contributed by atoms with Crippen LogP contribution in [0.2, 0.25) is 0 Å². The molecule has 0 bridgehead atoms. The Kier molecular flexibility index (Phi) is 6.73. The molecule has 6 heteroatoms. The summed E-state index contributed by atoms with van der Waals surface area (Å²) in [6.45, 7) is 0. The molecule has 0 atom stereocenters. The average molecular weight is 734 g/mol. The van der Waals surface area contributed by atoms with Crippen molar-refractivity contribution in [2.45, 2.75) is 0 Å². The zero-order valence-electron chi connectivity index (χ0n) is 30.0. The number of aromatic nitrogens is 5. The molecule has 4 heterocycles. The summed E-state index contributed by atoms with van der Waals surface area (Å²) in [5, 5.41) is 12.7. The Morgan fingerprint density at radius 2 is 1.05 bits per heavy atom. The Balaban J connectivity index is 1.13. The van der Waals surface area contributed by atoms with Crippen LogP contribution in [0.3, 0.4) is 0 Å². The quantitative estimate of drug-likeness (QED) is 0.177. The van der Waals surface area contributed by atoms with E-state index in [4.69, 9.17) is 10.1 Å². The van der Waals surface area contributed by atoms with Gasteiger partial charge >= 0.3 is 0 Å². The van der Waals surface area contributed by atoms with Gasteiger partial charge in [-0.1, -0.05) is 127 Å². The molecule has 8 aromatic carbocycles. The maximum Gasteiger partial charge on any atom is 0.182 e. The number of hydrogen-bond acceptors (Lipinski definition) is 3. The maximum absolute atomic E-state index is 5.28. The molecule has 0 saturated heterocycles. The third-order valence-corrected chi connectivity index (χ3v) is 12.3. The van der Waals surface area contributed by atoms with Gasteiger partial charge in [0.25, 0.3) is 0 Å². The normalized spacial score (nSPS) is 11.9. The molecule has 56 heavy (non-hydrogen) atoms. The minimum atomic E-state index is 0.685. The molecule has 0 aliphatic carbocycles. The van der Waals surface area contributed by atoms with Gasteiger partial charge in [-0.05, 0) is 60.7 Å². The molecule has 0 N–H and O–H groups in total. The van der Waals surface area contributed by atoms with Crippen LogP contribution in [0.4, 0.5) is 0 Å². The first-order valence-electron chi connectivity index (χ1n) is 18.8. The molecular formula is C50H31N5S. The van der Waals surface area contributed by atoms with Gasteiger partial charge in [0.15, 0.2) is 11.6 Å². The van der Waals surface area contributed by atoms with Crippen molar-refractivity contribution in [3.8, 4) is 39.8 Å². The summed E-state index contributed by atoms with van der Waals surface area (Å²) >= 11 is 1.89. The van der Waals surface area contributed by atoms with Crippen LogP contribution < -0.4 is 0 Å². The van der Waals surface area contributed by atoms with Crippen LogP contribution in [0.1, 0.15) is 0 Å². The molecule has 0 fully saturated rings. The Morgan fingerprint density at radius 1 is 0.429 bits per heavy atom. The van der Waals surface area contributed by atoms with E-state index in [1.807, 2.05) is 52.4 Å². The largest absolute Gasteiger partial charge is 0.309 e. The molecule has 0 aliphatic rings. The summed E-state index contributed by atoms with van der Waals surface area (Å²) in [7, 11) is 0. The standard InChI is InChI=1S/C50H31N5S/c1-3-15-32(16-4-1)49-51-50(55(52-49)33-17-5-2-6-18-33)41-25-14-24-38-36-21-7-10-26-42(36)54(47(38)41)35-20-13-19-34(31-35)53-43-27-11-8-23-40(43)46-44(53)30-29-39-37-22-9-12-28-45(37)56-48(39)46/h1-31H. The molecule has 0 aliphatic heterocycles. The van der Waals surface area contributed by atoms with Crippen molar-refractivity contribution in [2.24, 2.45) is 0 Å². The van der Waals surface area contributed by atoms with Crippen LogP contribution in [0.25, 0.3) is 104 Å². The van der Waals surface area contributed by atoms with Crippen molar-refractivity contribution in [3.63, 3.8) is 0 Å². The molecule has 0 unspecified atom stereocenters. The molecule has 12 aromatic rings. The van der Waals surface area contributed by atoms with Gasteiger partial charge in [-0.15, -0.1) is 16.4 Å². The van der Waals surface area contributed by atoms with Gasteiger partial charge in [-0.25, -0.2) is 9.67 Å². The first-order chi connectivity index (χ1) is 27.8. The van der Waals surface area contributed by atoms with E-state index in [1.54, 1.807) is 0 Å². The number of para-hydroxylation sites is 4. The van der Waals surface area contributed by atoms with E-state index < -0.39 is 0 Å². The predicted molar refractivity (Wildman–Crippen MR) is 234 cm³/mol. The molecule has 0 saturated carbocycles. The average Bonchev–Trinajstić information content (AvgIpc) is 4.04. The Hall–Kier alpha value is -7.28. The second-order valence-corrected chi connectivity index (χ2v) is 15.3. The first kappa shape index (κ1) is 31.1. The number of nitrogens with zero attached hydrogens (tertiary/aromatic N) is 5. The van der Waals surface area contributed by atoms with Gasteiger partial charge in [0.2, 0.25) is 0 Å². The molecule has 0 amide bonds. The summed E-state index contributed by atoms with van der Waals surface area (Å²) in [5.41, 5.74) is 9.74. The minimum Gasteiger partial charge on any atom is -0.309 e. The highest BCUT2D eigenvalue weighted by atomic mass is 32.1. The van der Waals surface area contributed by atoms with Gasteiger partial charge in [0.05, 0.1) is 27.8 Å². The van der Waals surface area contributed by atoms with Crippen molar-refractivity contribution < 1.29 is 0 Å². The highest BCUT2D eigenvalue weighted by Gasteiger charge is 2.23. The highest BCUT2D eigenvalue weighted by Crippen LogP contribution is 2.44. The molecule has 4 aromatic heterocycles. The van der Waals surface area contributed by atoms with Crippen LogP contribution in [-0.4, -0.2) is 23.9 Å². The number of rotatable bonds is 5. The lowest BCUT2D eigenvalue weighted by Crippen LogP contribution is -2.02. The molecule has 262 valence electrons. The zero-order valence-corrected chi connectivity index (χ0v) is 30.9. The minimum absolute atomic E-state index is 0.685. The van der Waals surface area contributed by atoms with Crippen molar-refractivity contribution in [3.05, 3.63) is 188 Å². The summed E-state index contributed by atoms with van der Waals surface area (Å²) in [6.07, 6.45) is 0. The van der Waals surface area contributed by atoms with Crippen molar-refractivity contribution in [1.82, 2.24) is 23.9 Å². The summed E-state index contributed by atoms with van der Waals surface area (Å²) in [6, 6.07) is 67.0. The fourth-order valence-electron chi connectivity index (χ4n) is 8.70. The summed E-state index contributed by atoms with van der Waals surface area (Å²) in [5.74, 6) is 1.47. The lowest BCUT2D eigenvalue weighted by Gasteiger charge is -2.14. The third kappa shape index (κ3) is 4.54. The van der Waals surface area contributed by atoms with E-state index in [2.05, 4.69) is 161 Å². The summed E-state index contributed by atoms with van der Waals surface area (Å²) < 4.78 is 9.48. The molecule has 12 rings (SSSR count). The van der Waals surface area contributed by atoms with E-state index in [9.17, 15) is 0 Å². The second-order valence-electron chi connectivity index (χ2n) is 14.2. The number of benzene rings is 8. The molecular weight excluding hydrogens is 703 g/mol. The Bertz CT molecular complexity index is 3480. The topological polar surface area (TPSA) is 40.6 Å². The Labute approximate surface area is 325 Å². The van der Waals surface area contributed by atoms with Gasteiger partial charge in [-0.3, -0.25) is 0 Å². The van der Waals surface area contributed by atoms with E-state index in [-0.39, 0.29) is 0 Å². The van der Waals surface area contributed by atoms with Crippen molar-refractivity contribution >= 4 is 75.1 Å². The lowest BCUT2D eigenvalue weighted by molar-refractivity contribution is 0.891. The van der Waals surface area contributed by atoms with Crippen LogP contribution in [0.5, 0.6) is 0 Å². The fraction of sp³-hybridized carbons (Fsp3) is 0. The predicted octanol–water partition coefficient (Wildman–Crippen LogP) is 13.2. The first-order valence-corrected chi connectivity index (χ1v) is 19.7. The second kappa shape index (κ2) is 12.1. The highest BCUT2D eigenvalue weighted by molar-refractivity contribution is 7.26. The van der Waals surface area contributed by atoms with Gasteiger partial charge < -0.3 is 9.13 Å². The van der Waals surface area contributed by atoms with Crippen LogP contribution >= 0.6 is 11.3 Å². The van der Waals surface area contributed by atoms with E-state index in [0.29, 0.717) is 5.82 Å². The van der Waals surface area contributed by atoms with Crippen molar-refractivity contribution in [1.29, 1.82) is 0 Å². The molecule has 0 spiro atoms.